The molecule has 1 amide bonds. The Labute approximate surface area is 109 Å². The van der Waals surface area contributed by atoms with Crippen molar-refractivity contribution < 1.29 is 14.3 Å². The second kappa shape index (κ2) is 7.10. The molecule has 2 atom stereocenters. The molecule has 104 valence electrons. The van der Waals surface area contributed by atoms with Gasteiger partial charge in [-0.3, -0.25) is 4.79 Å². The molecule has 2 saturated carbocycles. The van der Waals surface area contributed by atoms with Crippen LogP contribution >= 0.6 is 0 Å². The van der Waals surface area contributed by atoms with Gasteiger partial charge < -0.3 is 14.8 Å². The number of methoxy groups -OCH3 is 1. The first kappa shape index (κ1) is 13.8. The van der Waals surface area contributed by atoms with Gasteiger partial charge in [-0.2, -0.15) is 0 Å². The molecule has 0 bridgehead atoms. The normalized spacial score (nSPS) is 29.1. The Balaban J connectivity index is 1.40. The van der Waals surface area contributed by atoms with Gasteiger partial charge in [-0.25, -0.2) is 0 Å². The highest BCUT2D eigenvalue weighted by Gasteiger charge is 2.47. The van der Waals surface area contributed by atoms with Gasteiger partial charge in [0, 0.05) is 26.2 Å². The zero-order valence-corrected chi connectivity index (χ0v) is 11.3. The summed E-state index contributed by atoms with van der Waals surface area (Å²) in [5.74, 6) is 2.36. The van der Waals surface area contributed by atoms with Crippen LogP contribution in [-0.2, 0) is 14.3 Å². The van der Waals surface area contributed by atoms with Crippen LogP contribution in [0.1, 0.15) is 32.1 Å². The van der Waals surface area contributed by atoms with Crippen molar-refractivity contribution in [1.82, 2.24) is 5.32 Å². The molecule has 2 fully saturated rings. The average molecular weight is 255 g/mol. The van der Waals surface area contributed by atoms with Crippen molar-refractivity contribution in [3.8, 4) is 0 Å². The molecular weight excluding hydrogens is 230 g/mol. The number of fused-ring (bicyclic) bond motifs is 1. The Morgan fingerprint density at radius 2 is 1.89 bits per heavy atom. The van der Waals surface area contributed by atoms with Gasteiger partial charge in [0.05, 0.1) is 13.2 Å². The summed E-state index contributed by atoms with van der Waals surface area (Å²) in [6.45, 7) is 2.86. The van der Waals surface area contributed by atoms with Gasteiger partial charge in [0.2, 0.25) is 5.91 Å². The highest BCUT2D eigenvalue weighted by Crippen LogP contribution is 2.54. The Hall–Kier alpha value is -0.610. The summed E-state index contributed by atoms with van der Waals surface area (Å²) < 4.78 is 10.3. The summed E-state index contributed by atoms with van der Waals surface area (Å²) in [6, 6.07) is 0. The van der Waals surface area contributed by atoms with Crippen LogP contribution in [-0.4, -0.2) is 39.4 Å². The van der Waals surface area contributed by atoms with Crippen molar-refractivity contribution in [1.29, 1.82) is 0 Å². The number of ether oxygens (including phenoxy) is 2. The van der Waals surface area contributed by atoms with Crippen molar-refractivity contribution in [3.05, 3.63) is 0 Å². The molecule has 4 heteroatoms. The highest BCUT2D eigenvalue weighted by atomic mass is 16.5. The molecule has 18 heavy (non-hydrogen) atoms. The van der Waals surface area contributed by atoms with E-state index in [-0.39, 0.29) is 5.91 Å². The molecule has 1 N–H and O–H groups in total. The van der Waals surface area contributed by atoms with Gasteiger partial charge in [-0.15, -0.1) is 0 Å². The van der Waals surface area contributed by atoms with E-state index >= 15 is 0 Å². The summed E-state index contributed by atoms with van der Waals surface area (Å²) in [4.78, 5) is 11.8. The molecule has 0 aromatic rings. The lowest BCUT2D eigenvalue weighted by Crippen LogP contribution is -2.30. The number of amides is 1. The van der Waals surface area contributed by atoms with E-state index in [4.69, 9.17) is 9.47 Å². The second-order valence-corrected chi connectivity index (χ2v) is 5.53. The summed E-state index contributed by atoms with van der Waals surface area (Å²) in [7, 11) is 1.67. The monoisotopic (exact) mass is 255 g/mol. The molecule has 0 heterocycles. The van der Waals surface area contributed by atoms with Crippen LogP contribution in [0.2, 0.25) is 0 Å². The van der Waals surface area contributed by atoms with E-state index in [0.29, 0.717) is 19.1 Å². The number of hydrogen-bond acceptors (Lipinski definition) is 3. The van der Waals surface area contributed by atoms with Crippen LogP contribution in [0.25, 0.3) is 0 Å². The average Bonchev–Trinajstić information content (AvgIpc) is 2.99. The highest BCUT2D eigenvalue weighted by molar-refractivity contribution is 5.79. The molecule has 0 aromatic carbocycles. The Morgan fingerprint density at radius 3 is 2.61 bits per heavy atom. The van der Waals surface area contributed by atoms with E-state index in [9.17, 15) is 4.79 Å². The first-order chi connectivity index (χ1) is 8.81. The maximum Gasteiger partial charge on any atom is 0.223 e. The zero-order chi connectivity index (χ0) is 12.8. The first-order valence-electron chi connectivity index (χ1n) is 7.15. The van der Waals surface area contributed by atoms with Crippen LogP contribution in [0.3, 0.4) is 0 Å². The molecule has 2 aliphatic carbocycles. The summed E-state index contributed by atoms with van der Waals surface area (Å²) in [6.07, 6.45) is 5.65. The fraction of sp³-hybridized carbons (Fsp3) is 0.929. The molecule has 0 saturated heterocycles. The van der Waals surface area contributed by atoms with Crippen LogP contribution in [0.15, 0.2) is 0 Å². The first-order valence-corrected chi connectivity index (χ1v) is 7.15. The smallest absolute Gasteiger partial charge is 0.223 e. The van der Waals surface area contributed by atoms with Crippen LogP contribution in [0.5, 0.6) is 0 Å². The number of nitrogens with one attached hydrogen (secondary N) is 1. The third kappa shape index (κ3) is 4.25. The SMILES string of the molecule is COCCOCCCCNC(=O)C1CC2CC2C1. The molecule has 4 nitrogen and oxygen atoms in total. The van der Waals surface area contributed by atoms with E-state index in [1.807, 2.05) is 0 Å². The molecular formula is C14H25NO3. The van der Waals surface area contributed by atoms with Crippen LogP contribution < -0.4 is 5.32 Å². The number of carbonyl (C=O) groups is 1. The zero-order valence-electron chi connectivity index (χ0n) is 11.3. The maximum absolute atomic E-state index is 11.8. The molecule has 0 radical (unpaired) electrons. The molecule has 0 aliphatic heterocycles. The standard InChI is InChI=1S/C14H25NO3/c1-17-6-7-18-5-3-2-4-15-14(16)13-9-11-8-12(11)10-13/h11-13H,2-10H2,1H3,(H,15,16). The van der Waals surface area contributed by atoms with Gasteiger partial charge >= 0.3 is 0 Å². The molecule has 2 rings (SSSR count). The Bertz CT molecular complexity index is 260. The number of rotatable bonds is 9. The Morgan fingerprint density at radius 1 is 1.11 bits per heavy atom. The summed E-state index contributed by atoms with van der Waals surface area (Å²) in [5, 5.41) is 3.05. The van der Waals surface area contributed by atoms with Crippen molar-refractivity contribution in [2.24, 2.45) is 17.8 Å². The Kier molecular flexibility index (Phi) is 5.45. The van der Waals surface area contributed by atoms with Gasteiger partial charge in [0.25, 0.3) is 0 Å². The number of hydrogen-bond donors (Lipinski definition) is 1. The molecule has 2 aliphatic rings. The topological polar surface area (TPSA) is 47.6 Å². The predicted octanol–water partition coefficient (Wildman–Crippen LogP) is 1.59. The summed E-state index contributed by atoms with van der Waals surface area (Å²) in [5.41, 5.74) is 0. The second-order valence-electron chi connectivity index (χ2n) is 5.53. The number of carbonyl (C=O) groups excluding carboxylic acids is 1. The largest absolute Gasteiger partial charge is 0.382 e. The number of unbranched alkanes of at least 4 members (excludes halogenated alkanes) is 1. The predicted molar refractivity (Wildman–Crippen MR) is 69.3 cm³/mol. The van der Waals surface area contributed by atoms with Crippen molar-refractivity contribution in [2.75, 3.05) is 33.5 Å². The molecule has 0 aromatic heterocycles. The fourth-order valence-corrected chi connectivity index (χ4v) is 2.86. The maximum atomic E-state index is 11.8. The fourth-order valence-electron chi connectivity index (χ4n) is 2.86. The van der Waals surface area contributed by atoms with Crippen molar-refractivity contribution in [3.63, 3.8) is 0 Å². The van der Waals surface area contributed by atoms with Gasteiger partial charge in [-0.05, 0) is 43.9 Å². The van der Waals surface area contributed by atoms with Gasteiger partial charge in [-0.1, -0.05) is 0 Å². The van der Waals surface area contributed by atoms with E-state index in [2.05, 4.69) is 5.32 Å². The minimum atomic E-state index is 0.280. The van der Waals surface area contributed by atoms with Gasteiger partial charge in [0.15, 0.2) is 0 Å². The van der Waals surface area contributed by atoms with Crippen molar-refractivity contribution in [2.45, 2.75) is 32.1 Å². The van der Waals surface area contributed by atoms with Crippen LogP contribution in [0.4, 0.5) is 0 Å². The lowest BCUT2D eigenvalue weighted by molar-refractivity contribution is -0.125. The van der Waals surface area contributed by atoms with E-state index in [0.717, 1.165) is 50.7 Å². The third-order valence-corrected chi connectivity index (χ3v) is 4.06. The lowest BCUT2D eigenvalue weighted by Gasteiger charge is -2.12. The quantitative estimate of drug-likeness (QED) is 0.637. The molecule has 2 unspecified atom stereocenters. The summed E-state index contributed by atoms with van der Waals surface area (Å²) >= 11 is 0. The van der Waals surface area contributed by atoms with Crippen LogP contribution in [0, 0.1) is 17.8 Å². The van der Waals surface area contributed by atoms with E-state index < -0.39 is 0 Å². The molecule has 0 spiro atoms. The van der Waals surface area contributed by atoms with E-state index in [1.54, 1.807) is 7.11 Å². The lowest BCUT2D eigenvalue weighted by atomic mass is 10.0. The van der Waals surface area contributed by atoms with E-state index in [1.165, 1.54) is 6.42 Å². The van der Waals surface area contributed by atoms with Crippen molar-refractivity contribution >= 4 is 5.91 Å². The minimum absolute atomic E-state index is 0.280. The third-order valence-electron chi connectivity index (χ3n) is 4.06. The van der Waals surface area contributed by atoms with Gasteiger partial charge in [0.1, 0.15) is 0 Å². The minimum Gasteiger partial charge on any atom is -0.382 e.